The maximum atomic E-state index is 4.46. The second-order valence-corrected chi connectivity index (χ2v) is 3.48. The van der Waals surface area contributed by atoms with E-state index in [-0.39, 0.29) is 6.17 Å². The molecule has 0 aromatic carbocycles. The van der Waals surface area contributed by atoms with E-state index in [9.17, 15) is 0 Å². The molecule has 0 atom stereocenters. The third kappa shape index (κ3) is 1.16. The highest BCUT2D eigenvalue weighted by Crippen LogP contribution is 2.21. The van der Waals surface area contributed by atoms with Crippen LogP contribution in [0.5, 0.6) is 0 Å². The summed E-state index contributed by atoms with van der Waals surface area (Å²) in [7, 11) is 1.90. The van der Waals surface area contributed by atoms with Gasteiger partial charge in [-0.05, 0) is 12.1 Å². The lowest BCUT2D eigenvalue weighted by Crippen LogP contribution is -2.21. The lowest BCUT2D eigenvalue weighted by Gasteiger charge is -2.08. The molecular weight excluding hydrogens is 190 g/mol. The van der Waals surface area contributed by atoms with Gasteiger partial charge in [-0.3, -0.25) is 4.68 Å². The summed E-state index contributed by atoms with van der Waals surface area (Å²) in [6.45, 7) is 0. The van der Waals surface area contributed by atoms with Crippen LogP contribution in [0.15, 0.2) is 30.7 Å². The van der Waals surface area contributed by atoms with Crippen molar-refractivity contribution < 1.29 is 0 Å². The summed E-state index contributed by atoms with van der Waals surface area (Å²) >= 11 is 0. The lowest BCUT2D eigenvalue weighted by atomic mass is 10.2. The summed E-state index contributed by atoms with van der Waals surface area (Å²) in [4.78, 5) is 4.30. The van der Waals surface area contributed by atoms with E-state index in [0.717, 1.165) is 16.7 Å². The van der Waals surface area contributed by atoms with Crippen molar-refractivity contribution in [1.82, 2.24) is 25.4 Å². The van der Waals surface area contributed by atoms with Crippen molar-refractivity contribution in [3.63, 3.8) is 0 Å². The summed E-state index contributed by atoms with van der Waals surface area (Å²) in [5.41, 5.74) is 1.88. The van der Waals surface area contributed by atoms with Crippen molar-refractivity contribution >= 4 is 11.0 Å². The van der Waals surface area contributed by atoms with Crippen LogP contribution in [0.1, 0.15) is 11.9 Å². The first kappa shape index (κ1) is 8.28. The van der Waals surface area contributed by atoms with Gasteiger partial charge in [0.05, 0.1) is 0 Å². The molecule has 0 bridgehead atoms. The Kier molecular flexibility index (Phi) is 1.65. The number of nitrogens with zero attached hydrogens (tertiary/aromatic N) is 3. The molecular formula is C10H11N5. The zero-order valence-electron chi connectivity index (χ0n) is 8.31. The molecule has 0 spiro atoms. The van der Waals surface area contributed by atoms with E-state index >= 15 is 0 Å². The zero-order valence-corrected chi connectivity index (χ0v) is 8.31. The Labute approximate surface area is 86.8 Å². The van der Waals surface area contributed by atoms with Crippen LogP contribution in [0.3, 0.4) is 0 Å². The highest BCUT2D eigenvalue weighted by atomic mass is 15.3. The molecule has 76 valence electrons. The standard InChI is InChI=1S/C10H11N5/c1-15-10-7(3-2-4-13-10)8(14-15)9-11-5-6-12-9/h2-6,9,11-12H,1H3. The molecule has 2 aromatic heterocycles. The van der Waals surface area contributed by atoms with Crippen molar-refractivity contribution in [3.05, 3.63) is 36.4 Å². The topological polar surface area (TPSA) is 54.8 Å². The van der Waals surface area contributed by atoms with E-state index in [2.05, 4.69) is 20.7 Å². The molecule has 15 heavy (non-hydrogen) atoms. The number of aryl methyl sites for hydroxylation is 1. The fraction of sp³-hybridized carbons (Fsp3) is 0.200. The first-order chi connectivity index (χ1) is 7.36. The number of fused-ring (bicyclic) bond motifs is 1. The molecule has 2 aromatic rings. The summed E-state index contributed by atoms with van der Waals surface area (Å²) in [6, 6.07) is 3.96. The fourth-order valence-electron chi connectivity index (χ4n) is 1.83. The Morgan fingerprint density at radius 2 is 2.13 bits per heavy atom. The summed E-state index contributed by atoms with van der Waals surface area (Å²) in [6.07, 6.45) is 5.59. The largest absolute Gasteiger partial charge is 0.365 e. The fourth-order valence-corrected chi connectivity index (χ4v) is 1.83. The highest BCUT2D eigenvalue weighted by molar-refractivity contribution is 5.78. The first-order valence-electron chi connectivity index (χ1n) is 4.81. The van der Waals surface area contributed by atoms with Gasteiger partial charge in [0.2, 0.25) is 0 Å². The summed E-state index contributed by atoms with van der Waals surface area (Å²) in [5.74, 6) is 0. The molecule has 5 nitrogen and oxygen atoms in total. The van der Waals surface area contributed by atoms with Gasteiger partial charge in [-0.2, -0.15) is 5.10 Å². The molecule has 0 aliphatic carbocycles. The van der Waals surface area contributed by atoms with E-state index < -0.39 is 0 Å². The van der Waals surface area contributed by atoms with Crippen molar-refractivity contribution in [1.29, 1.82) is 0 Å². The average Bonchev–Trinajstić information content (AvgIpc) is 2.87. The van der Waals surface area contributed by atoms with Crippen LogP contribution in [-0.4, -0.2) is 14.8 Å². The smallest absolute Gasteiger partial charge is 0.157 e. The van der Waals surface area contributed by atoms with Crippen LogP contribution < -0.4 is 10.6 Å². The average molecular weight is 201 g/mol. The zero-order chi connectivity index (χ0) is 10.3. The predicted octanol–water partition coefficient (Wildman–Crippen LogP) is 0.631. The number of hydrogen-bond acceptors (Lipinski definition) is 4. The molecule has 5 heteroatoms. The van der Waals surface area contributed by atoms with E-state index in [1.807, 2.05) is 31.6 Å². The minimum absolute atomic E-state index is 0.0536. The van der Waals surface area contributed by atoms with Gasteiger partial charge in [0.1, 0.15) is 11.9 Å². The third-order valence-electron chi connectivity index (χ3n) is 2.51. The quantitative estimate of drug-likeness (QED) is 0.710. The first-order valence-corrected chi connectivity index (χ1v) is 4.81. The normalized spacial score (nSPS) is 15.5. The Morgan fingerprint density at radius 3 is 2.93 bits per heavy atom. The SMILES string of the molecule is Cn1nc(C2NC=CN2)c2cccnc21. The highest BCUT2D eigenvalue weighted by Gasteiger charge is 2.18. The van der Waals surface area contributed by atoms with Gasteiger partial charge in [-0.15, -0.1) is 0 Å². The Balaban J connectivity index is 2.18. The Bertz CT molecular complexity index is 520. The van der Waals surface area contributed by atoms with Crippen molar-refractivity contribution in [2.45, 2.75) is 6.17 Å². The van der Waals surface area contributed by atoms with Gasteiger partial charge < -0.3 is 10.6 Å². The molecule has 1 aliphatic heterocycles. The lowest BCUT2D eigenvalue weighted by molar-refractivity contribution is 0.578. The van der Waals surface area contributed by atoms with Crippen LogP contribution in [0.2, 0.25) is 0 Å². The minimum atomic E-state index is 0.0536. The maximum absolute atomic E-state index is 4.46. The second-order valence-electron chi connectivity index (χ2n) is 3.48. The van der Waals surface area contributed by atoms with E-state index in [4.69, 9.17) is 0 Å². The van der Waals surface area contributed by atoms with Crippen LogP contribution in [0.4, 0.5) is 0 Å². The number of pyridine rings is 1. The van der Waals surface area contributed by atoms with E-state index in [1.165, 1.54) is 0 Å². The molecule has 0 fully saturated rings. The minimum Gasteiger partial charge on any atom is -0.365 e. The van der Waals surface area contributed by atoms with Crippen LogP contribution >= 0.6 is 0 Å². The molecule has 0 saturated heterocycles. The molecule has 1 aliphatic rings. The third-order valence-corrected chi connectivity index (χ3v) is 2.51. The number of aromatic nitrogens is 3. The van der Waals surface area contributed by atoms with Crippen molar-refractivity contribution in [2.24, 2.45) is 7.05 Å². The van der Waals surface area contributed by atoms with E-state index in [1.54, 1.807) is 10.9 Å². The van der Waals surface area contributed by atoms with Crippen LogP contribution in [-0.2, 0) is 7.05 Å². The van der Waals surface area contributed by atoms with Gasteiger partial charge in [0.25, 0.3) is 0 Å². The predicted molar refractivity (Wildman–Crippen MR) is 56.7 cm³/mol. The van der Waals surface area contributed by atoms with Gasteiger partial charge in [0.15, 0.2) is 5.65 Å². The maximum Gasteiger partial charge on any atom is 0.157 e. The van der Waals surface area contributed by atoms with Crippen LogP contribution in [0.25, 0.3) is 11.0 Å². The van der Waals surface area contributed by atoms with E-state index in [0.29, 0.717) is 0 Å². The molecule has 0 amide bonds. The molecule has 3 heterocycles. The second kappa shape index (κ2) is 2.98. The number of rotatable bonds is 1. The van der Waals surface area contributed by atoms with Gasteiger partial charge in [-0.1, -0.05) is 0 Å². The Hall–Kier alpha value is -2.04. The van der Waals surface area contributed by atoms with Gasteiger partial charge in [-0.25, -0.2) is 4.98 Å². The molecule has 0 saturated carbocycles. The van der Waals surface area contributed by atoms with Gasteiger partial charge >= 0.3 is 0 Å². The monoisotopic (exact) mass is 201 g/mol. The number of hydrogen-bond donors (Lipinski definition) is 2. The van der Waals surface area contributed by atoms with Gasteiger partial charge in [0, 0.05) is 31.0 Å². The Morgan fingerprint density at radius 1 is 1.33 bits per heavy atom. The van der Waals surface area contributed by atoms with Crippen molar-refractivity contribution in [2.75, 3.05) is 0 Å². The molecule has 0 unspecified atom stereocenters. The number of nitrogens with one attached hydrogen (secondary N) is 2. The summed E-state index contributed by atoms with van der Waals surface area (Å²) < 4.78 is 1.80. The molecule has 3 rings (SSSR count). The van der Waals surface area contributed by atoms with Crippen molar-refractivity contribution in [3.8, 4) is 0 Å². The molecule has 0 radical (unpaired) electrons. The summed E-state index contributed by atoms with van der Waals surface area (Å²) in [5, 5.41) is 11.9. The molecule has 2 N–H and O–H groups in total. The van der Waals surface area contributed by atoms with Crippen LogP contribution in [0, 0.1) is 0 Å².